The number of ether oxygens (including phenoxy) is 1. The molecule has 1 saturated heterocycles. The Morgan fingerprint density at radius 3 is 2.91 bits per heavy atom. The van der Waals surface area contributed by atoms with Gasteiger partial charge in [-0.15, -0.1) is 0 Å². The summed E-state index contributed by atoms with van der Waals surface area (Å²) < 4.78 is 7.32. The maximum absolute atomic E-state index is 7.61. The van der Waals surface area contributed by atoms with Crippen molar-refractivity contribution in [1.29, 1.82) is 0 Å². The van der Waals surface area contributed by atoms with Gasteiger partial charge < -0.3 is 10.5 Å². The van der Waals surface area contributed by atoms with E-state index in [0.717, 1.165) is 38.0 Å². The van der Waals surface area contributed by atoms with Crippen LogP contribution in [0.2, 0.25) is 0 Å². The van der Waals surface area contributed by atoms with Gasteiger partial charge >= 0.3 is 0 Å². The maximum Gasteiger partial charge on any atom is 0.113 e. The third-order valence-corrected chi connectivity index (χ3v) is 10.4. The van der Waals surface area contributed by atoms with Crippen molar-refractivity contribution in [2.75, 3.05) is 0 Å². The van der Waals surface area contributed by atoms with Crippen LogP contribution in [0.15, 0.2) is 60.0 Å². The Kier molecular flexibility index (Phi) is 3.73. The lowest BCUT2D eigenvalue weighted by molar-refractivity contribution is -0.148. The minimum atomic E-state index is -0.329. The molecule has 2 saturated carbocycles. The number of pyridine rings is 1. The van der Waals surface area contributed by atoms with E-state index in [2.05, 4.69) is 55.2 Å². The molecule has 1 aromatic carbocycles. The van der Waals surface area contributed by atoms with Crippen molar-refractivity contribution in [1.82, 2.24) is 4.98 Å². The predicted molar refractivity (Wildman–Crippen MR) is 128 cm³/mol. The van der Waals surface area contributed by atoms with Crippen molar-refractivity contribution >= 4 is 10.8 Å². The smallest absolute Gasteiger partial charge is 0.113 e. The first-order valence-electron chi connectivity index (χ1n) is 12.6. The van der Waals surface area contributed by atoms with Crippen LogP contribution >= 0.6 is 0 Å². The number of allylic oxidation sites excluding steroid dienone is 1. The van der Waals surface area contributed by atoms with Gasteiger partial charge in [0.2, 0.25) is 0 Å². The van der Waals surface area contributed by atoms with Crippen LogP contribution < -0.4 is 5.73 Å². The highest BCUT2D eigenvalue weighted by Crippen LogP contribution is 2.70. The summed E-state index contributed by atoms with van der Waals surface area (Å²) in [5.74, 6) is 1.18. The van der Waals surface area contributed by atoms with E-state index in [1.807, 2.05) is 12.4 Å². The summed E-state index contributed by atoms with van der Waals surface area (Å²) >= 11 is 0. The largest absolute Gasteiger partial charge is 0.358 e. The number of nitrogens with zero attached hydrogens (tertiary/aromatic N) is 1. The average Bonchev–Trinajstić information content (AvgIpc) is 3.26. The Morgan fingerprint density at radius 1 is 1.09 bits per heavy atom. The molecule has 7 rings (SSSR count). The fraction of sp³-hybridized carbons (Fsp3) is 0.552. The molecule has 6 atom stereocenters. The van der Waals surface area contributed by atoms with Gasteiger partial charge in [-0.05, 0) is 103 Å². The summed E-state index contributed by atoms with van der Waals surface area (Å²) in [6.45, 7) is 4.85. The van der Waals surface area contributed by atoms with Crippen molar-refractivity contribution in [2.24, 2.45) is 17.1 Å². The van der Waals surface area contributed by atoms with Crippen LogP contribution in [0.25, 0.3) is 10.8 Å². The molecule has 0 amide bonds. The second-order valence-corrected chi connectivity index (χ2v) is 11.8. The molecule has 2 aromatic rings. The topological polar surface area (TPSA) is 48.1 Å². The first kappa shape index (κ1) is 19.5. The molecule has 0 radical (unpaired) electrons. The quantitative estimate of drug-likeness (QED) is 0.591. The van der Waals surface area contributed by atoms with Gasteiger partial charge in [0.05, 0.1) is 11.1 Å². The lowest BCUT2D eigenvalue weighted by atomic mass is 9.53. The van der Waals surface area contributed by atoms with Gasteiger partial charge in [0.25, 0.3) is 0 Å². The summed E-state index contributed by atoms with van der Waals surface area (Å²) in [4.78, 5) is 4.36. The number of fused-ring (bicyclic) bond motifs is 2. The number of hydrogen-bond donors (Lipinski definition) is 1. The molecule has 1 aromatic heterocycles. The lowest BCUT2D eigenvalue weighted by Gasteiger charge is -2.59. The molecule has 3 aliphatic carbocycles. The summed E-state index contributed by atoms with van der Waals surface area (Å²) in [5, 5.41) is 2.48. The molecule has 2 spiro atoms. The molecule has 3 heteroatoms. The van der Waals surface area contributed by atoms with Crippen molar-refractivity contribution < 1.29 is 4.74 Å². The van der Waals surface area contributed by atoms with E-state index in [-0.39, 0.29) is 22.2 Å². The molecule has 166 valence electrons. The number of hydrogen-bond acceptors (Lipinski definition) is 3. The zero-order valence-corrected chi connectivity index (χ0v) is 19.4. The standard InChI is InChI=1S/C29H34N2O/c1-19-3-6-23-16-24-7-10-26(2)25(21-5-4-20-9-14-31-18-22(20)15-21)8-11-29(26,30)28(24)13-12-27(23,17-19)32-28/h4-5,7,9,14-16,18-19,25H,3,6,8,10-13,17,30H2,1-2H3/t19-,25+,26+,27+,28+,29-/m0/s1. The number of aromatic nitrogens is 1. The van der Waals surface area contributed by atoms with Gasteiger partial charge in [0, 0.05) is 17.8 Å². The van der Waals surface area contributed by atoms with E-state index >= 15 is 0 Å². The summed E-state index contributed by atoms with van der Waals surface area (Å²) in [5.41, 5.74) is 11.3. The van der Waals surface area contributed by atoms with Gasteiger partial charge in [-0.2, -0.15) is 0 Å². The van der Waals surface area contributed by atoms with Crippen LogP contribution in [0.1, 0.15) is 76.7 Å². The highest BCUT2D eigenvalue weighted by atomic mass is 16.5. The minimum Gasteiger partial charge on any atom is -0.358 e. The first-order valence-corrected chi connectivity index (χ1v) is 12.6. The van der Waals surface area contributed by atoms with Crippen LogP contribution in [0.4, 0.5) is 0 Å². The molecule has 2 N–H and O–H groups in total. The molecule has 2 aliphatic heterocycles. The van der Waals surface area contributed by atoms with Gasteiger partial charge in [0.1, 0.15) is 5.60 Å². The van der Waals surface area contributed by atoms with E-state index in [0.29, 0.717) is 5.92 Å². The van der Waals surface area contributed by atoms with Crippen molar-refractivity contribution in [2.45, 2.75) is 87.9 Å². The fourth-order valence-electron chi connectivity index (χ4n) is 8.57. The Balaban J connectivity index is 1.34. The molecule has 32 heavy (non-hydrogen) atoms. The molecular weight excluding hydrogens is 392 g/mol. The van der Waals surface area contributed by atoms with E-state index in [9.17, 15) is 0 Å². The molecule has 3 heterocycles. The number of benzene rings is 1. The van der Waals surface area contributed by atoms with Crippen LogP contribution in [0, 0.1) is 11.3 Å². The van der Waals surface area contributed by atoms with E-state index in [1.54, 1.807) is 5.57 Å². The summed E-state index contributed by atoms with van der Waals surface area (Å²) in [7, 11) is 0. The van der Waals surface area contributed by atoms with Crippen LogP contribution in [0.5, 0.6) is 0 Å². The Morgan fingerprint density at radius 2 is 2.00 bits per heavy atom. The van der Waals surface area contributed by atoms with Gasteiger partial charge in [-0.1, -0.05) is 38.1 Å². The second kappa shape index (κ2) is 6.12. The van der Waals surface area contributed by atoms with E-state index in [4.69, 9.17) is 10.5 Å². The third kappa shape index (κ3) is 2.18. The molecular formula is C29H34N2O. The van der Waals surface area contributed by atoms with Crippen molar-refractivity contribution in [3.8, 4) is 0 Å². The molecule has 2 bridgehead atoms. The van der Waals surface area contributed by atoms with Gasteiger partial charge in [-0.25, -0.2) is 0 Å². The van der Waals surface area contributed by atoms with Gasteiger partial charge in [0.15, 0.2) is 0 Å². The number of rotatable bonds is 1. The highest BCUT2D eigenvalue weighted by Gasteiger charge is 2.72. The minimum absolute atomic E-state index is 0.0104. The van der Waals surface area contributed by atoms with Crippen LogP contribution in [0.3, 0.4) is 0 Å². The third-order valence-electron chi connectivity index (χ3n) is 10.4. The van der Waals surface area contributed by atoms with Crippen LogP contribution in [-0.4, -0.2) is 21.7 Å². The first-order chi connectivity index (χ1) is 15.4. The summed E-state index contributed by atoms with van der Waals surface area (Å²) in [6, 6.07) is 9.05. The molecule has 3 fully saturated rings. The van der Waals surface area contributed by atoms with E-state index in [1.165, 1.54) is 41.2 Å². The van der Waals surface area contributed by atoms with E-state index < -0.39 is 0 Å². The Bertz CT molecular complexity index is 1200. The van der Waals surface area contributed by atoms with Gasteiger partial charge in [-0.3, -0.25) is 4.98 Å². The maximum atomic E-state index is 7.61. The second-order valence-electron chi connectivity index (χ2n) is 11.8. The average molecular weight is 427 g/mol. The normalized spacial score (nSPS) is 44.5. The predicted octanol–water partition coefficient (Wildman–Crippen LogP) is 6.19. The monoisotopic (exact) mass is 426 g/mol. The zero-order valence-electron chi connectivity index (χ0n) is 19.4. The van der Waals surface area contributed by atoms with Crippen molar-refractivity contribution in [3.05, 3.63) is 65.5 Å². The summed E-state index contributed by atoms with van der Waals surface area (Å²) in [6.07, 6.45) is 18.0. The Hall–Kier alpha value is -1.97. The molecule has 3 nitrogen and oxygen atoms in total. The lowest BCUT2D eigenvalue weighted by Crippen LogP contribution is -2.70. The number of nitrogens with two attached hydrogens (primary N) is 1. The van der Waals surface area contributed by atoms with Crippen LogP contribution in [-0.2, 0) is 4.74 Å². The fourth-order valence-corrected chi connectivity index (χ4v) is 8.57. The molecule has 5 aliphatic rings. The molecule has 0 unspecified atom stereocenters. The zero-order chi connectivity index (χ0) is 21.8. The highest BCUT2D eigenvalue weighted by molar-refractivity contribution is 5.82. The van der Waals surface area contributed by atoms with Crippen molar-refractivity contribution in [3.63, 3.8) is 0 Å². The Labute approximate surface area is 191 Å². The SMILES string of the molecule is C[C@H]1CCC2=CC3=CC[C@]4(C)[C@@H](c5ccc6ccncc6c5)CC[C@@]4(N)[C@@]34CC[C@]2(C1)O4.